The maximum absolute atomic E-state index is 9.21. The molecular formula is C18H28N2O3S+2. The molecule has 0 saturated carbocycles. The number of aliphatic hydroxyl groups excluding tert-OH is 1. The molecule has 0 unspecified atom stereocenters. The first-order chi connectivity index (χ1) is 11.7. The molecule has 6 heteroatoms. The van der Waals surface area contributed by atoms with Gasteiger partial charge in [-0.3, -0.25) is 0 Å². The van der Waals surface area contributed by atoms with Gasteiger partial charge in [0.2, 0.25) is 0 Å². The highest BCUT2D eigenvalue weighted by Crippen LogP contribution is 2.29. The third kappa shape index (κ3) is 6.49. The SMILES string of the molecule is COc1cc(C[NH2+]CC[NH2+]C[C@@H](C)O)ccc1OCc1cccs1. The smallest absolute Gasteiger partial charge is 0.161 e. The second kappa shape index (κ2) is 10.3. The van der Waals surface area contributed by atoms with E-state index in [1.807, 2.05) is 30.5 Å². The van der Waals surface area contributed by atoms with Crippen molar-refractivity contribution in [2.45, 2.75) is 26.2 Å². The van der Waals surface area contributed by atoms with Gasteiger partial charge in [-0.1, -0.05) is 6.07 Å². The zero-order valence-corrected chi connectivity index (χ0v) is 15.2. The maximum atomic E-state index is 9.21. The van der Waals surface area contributed by atoms with E-state index in [1.54, 1.807) is 18.4 Å². The Hall–Kier alpha value is -1.60. The van der Waals surface area contributed by atoms with Crippen molar-refractivity contribution in [3.8, 4) is 11.5 Å². The topological polar surface area (TPSA) is 71.9 Å². The van der Waals surface area contributed by atoms with Crippen LogP contribution >= 0.6 is 11.3 Å². The second-order valence-corrected chi connectivity index (χ2v) is 6.83. The first-order valence-electron chi connectivity index (χ1n) is 8.32. The largest absolute Gasteiger partial charge is 0.493 e. The number of ether oxygens (including phenoxy) is 2. The molecule has 1 atom stereocenters. The average molecular weight is 353 g/mol. The maximum Gasteiger partial charge on any atom is 0.161 e. The fourth-order valence-corrected chi connectivity index (χ4v) is 2.98. The van der Waals surface area contributed by atoms with Gasteiger partial charge in [0.25, 0.3) is 0 Å². The molecule has 0 bridgehead atoms. The van der Waals surface area contributed by atoms with E-state index < -0.39 is 0 Å². The Morgan fingerprint density at radius 1 is 1.17 bits per heavy atom. The number of thiophene rings is 1. The van der Waals surface area contributed by atoms with Gasteiger partial charge in [0.05, 0.1) is 13.2 Å². The number of rotatable bonds is 11. The number of hydrogen-bond acceptors (Lipinski definition) is 4. The molecule has 24 heavy (non-hydrogen) atoms. The lowest BCUT2D eigenvalue weighted by molar-refractivity contribution is -0.733. The molecule has 0 aliphatic rings. The minimum Gasteiger partial charge on any atom is -0.493 e. The van der Waals surface area contributed by atoms with Gasteiger partial charge in [-0.15, -0.1) is 11.3 Å². The predicted molar refractivity (Wildman–Crippen MR) is 95.5 cm³/mol. The van der Waals surface area contributed by atoms with Crippen molar-refractivity contribution < 1.29 is 25.2 Å². The fraction of sp³-hybridized carbons (Fsp3) is 0.444. The van der Waals surface area contributed by atoms with Crippen LogP contribution in [-0.2, 0) is 13.2 Å². The molecule has 132 valence electrons. The molecule has 5 nitrogen and oxygen atoms in total. The van der Waals surface area contributed by atoms with Gasteiger partial charge in [0.15, 0.2) is 11.5 Å². The first-order valence-corrected chi connectivity index (χ1v) is 9.20. The molecule has 2 aromatic rings. The number of benzene rings is 1. The van der Waals surface area contributed by atoms with Gasteiger partial charge in [-0.2, -0.15) is 0 Å². The quantitative estimate of drug-likeness (QED) is 0.511. The van der Waals surface area contributed by atoms with Gasteiger partial charge in [-0.05, 0) is 36.6 Å². The van der Waals surface area contributed by atoms with Crippen molar-refractivity contribution in [1.82, 2.24) is 0 Å². The lowest BCUT2D eigenvalue weighted by Crippen LogP contribution is -2.95. The van der Waals surface area contributed by atoms with E-state index in [-0.39, 0.29) is 6.10 Å². The molecule has 1 aromatic carbocycles. The molecule has 0 saturated heterocycles. The van der Waals surface area contributed by atoms with E-state index in [4.69, 9.17) is 9.47 Å². The highest BCUT2D eigenvalue weighted by Gasteiger charge is 2.08. The van der Waals surface area contributed by atoms with Crippen LogP contribution < -0.4 is 20.1 Å². The summed E-state index contributed by atoms with van der Waals surface area (Å²) in [5, 5.41) is 15.7. The first kappa shape index (κ1) is 18.7. The van der Waals surface area contributed by atoms with Crippen LogP contribution in [0.4, 0.5) is 0 Å². The van der Waals surface area contributed by atoms with E-state index in [2.05, 4.69) is 22.8 Å². The third-order valence-corrected chi connectivity index (χ3v) is 4.49. The van der Waals surface area contributed by atoms with Gasteiger partial charge in [0, 0.05) is 10.4 Å². The van der Waals surface area contributed by atoms with Gasteiger partial charge in [0.1, 0.15) is 32.8 Å². The number of nitrogens with two attached hydrogens (primary N) is 2. The standard InChI is InChI=1S/C18H26N2O3S/c1-14(21)11-19-7-8-20-12-15-5-6-17(18(10-15)22-2)23-13-16-4-3-9-24-16/h3-6,9-10,14,19-21H,7-8,11-13H2,1-2H3/p+2/t14-/m1/s1. The number of quaternary nitrogens is 2. The fourth-order valence-electron chi connectivity index (χ4n) is 2.37. The Bertz CT molecular complexity index is 588. The summed E-state index contributed by atoms with van der Waals surface area (Å²) in [5.41, 5.74) is 1.21. The molecule has 0 fully saturated rings. The van der Waals surface area contributed by atoms with Crippen LogP contribution in [0.3, 0.4) is 0 Å². The minimum atomic E-state index is -0.240. The highest BCUT2D eigenvalue weighted by atomic mass is 32.1. The predicted octanol–water partition coefficient (Wildman–Crippen LogP) is 0.343. The Kier molecular flexibility index (Phi) is 8.04. The lowest BCUT2D eigenvalue weighted by atomic mass is 10.2. The average Bonchev–Trinajstić information content (AvgIpc) is 3.09. The molecular weight excluding hydrogens is 324 g/mol. The second-order valence-electron chi connectivity index (χ2n) is 5.80. The normalized spacial score (nSPS) is 12.1. The number of methoxy groups -OCH3 is 1. The number of hydrogen-bond donors (Lipinski definition) is 3. The summed E-state index contributed by atoms with van der Waals surface area (Å²) < 4.78 is 11.3. The monoisotopic (exact) mass is 352 g/mol. The molecule has 2 rings (SSSR count). The van der Waals surface area contributed by atoms with Gasteiger partial charge < -0.3 is 25.2 Å². The van der Waals surface area contributed by atoms with E-state index in [0.717, 1.165) is 37.7 Å². The summed E-state index contributed by atoms with van der Waals surface area (Å²) in [6, 6.07) is 10.2. The van der Waals surface area contributed by atoms with E-state index in [9.17, 15) is 5.11 Å². The van der Waals surface area contributed by atoms with Gasteiger partial charge in [-0.25, -0.2) is 0 Å². The lowest BCUT2D eigenvalue weighted by Gasteiger charge is -2.11. The molecule has 0 aliphatic carbocycles. The van der Waals surface area contributed by atoms with Gasteiger partial charge >= 0.3 is 0 Å². The van der Waals surface area contributed by atoms with Crippen LogP contribution in [0.15, 0.2) is 35.7 Å². The Balaban J connectivity index is 1.77. The van der Waals surface area contributed by atoms with Crippen LogP contribution in [0.25, 0.3) is 0 Å². The summed E-state index contributed by atoms with van der Waals surface area (Å²) in [6.07, 6.45) is -0.240. The van der Waals surface area contributed by atoms with Crippen LogP contribution in [-0.4, -0.2) is 38.0 Å². The minimum absolute atomic E-state index is 0.240. The van der Waals surface area contributed by atoms with E-state index in [1.165, 1.54) is 10.4 Å². The van der Waals surface area contributed by atoms with Crippen molar-refractivity contribution in [2.24, 2.45) is 0 Å². The third-order valence-electron chi connectivity index (χ3n) is 3.64. The molecule has 0 spiro atoms. The highest BCUT2D eigenvalue weighted by molar-refractivity contribution is 7.09. The zero-order valence-electron chi connectivity index (χ0n) is 14.4. The summed E-state index contributed by atoms with van der Waals surface area (Å²) in [5.74, 6) is 1.55. The molecule has 5 N–H and O–H groups in total. The zero-order chi connectivity index (χ0) is 17.2. The van der Waals surface area contributed by atoms with Crippen LogP contribution in [0.5, 0.6) is 11.5 Å². The van der Waals surface area contributed by atoms with Crippen molar-refractivity contribution in [1.29, 1.82) is 0 Å². The van der Waals surface area contributed by atoms with Crippen molar-refractivity contribution >= 4 is 11.3 Å². The Morgan fingerprint density at radius 2 is 2.00 bits per heavy atom. The van der Waals surface area contributed by atoms with Crippen molar-refractivity contribution in [3.63, 3.8) is 0 Å². The van der Waals surface area contributed by atoms with Crippen LogP contribution in [0, 0.1) is 0 Å². The number of aliphatic hydroxyl groups is 1. The van der Waals surface area contributed by atoms with Crippen LogP contribution in [0.1, 0.15) is 17.4 Å². The molecule has 1 aromatic heterocycles. The Labute approximate surface area is 147 Å². The summed E-state index contributed by atoms with van der Waals surface area (Å²) in [6.45, 7) is 6.07. The molecule has 0 aliphatic heterocycles. The molecule has 1 heterocycles. The summed E-state index contributed by atoms with van der Waals surface area (Å²) >= 11 is 1.69. The van der Waals surface area contributed by atoms with E-state index >= 15 is 0 Å². The van der Waals surface area contributed by atoms with Crippen molar-refractivity contribution in [3.05, 3.63) is 46.2 Å². The molecule has 0 amide bonds. The van der Waals surface area contributed by atoms with E-state index in [0.29, 0.717) is 6.61 Å². The van der Waals surface area contributed by atoms with Crippen LogP contribution in [0.2, 0.25) is 0 Å². The molecule has 0 radical (unpaired) electrons. The Morgan fingerprint density at radius 3 is 2.71 bits per heavy atom. The summed E-state index contributed by atoms with van der Waals surface area (Å²) in [7, 11) is 1.67. The summed E-state index contributed by atoms with van der Waals surface area (Å²) in [4.78, 5) is 1.20. The van der Waals surface area contributed by atoms with Crippen molar-refractivity contribution in [2.75, 3.05) is 26.7 Å².